The van der Waals surface area contributed by atoms with E-state index in [4.69, 9.17) is 4.74 Å². The molecule has 0 bridgehead atoms. The summed E-state index contributed by atoms with van der Waals surface area (Å²) in [5.41, 5.74) is 0.530. The van der Waals surface area contributed by atoms with E-state index >= 15 is 0 Å². The molecule has 4 nitrogen and oxygen atoms in total. The third-order valence-corrected chi connectivity index (χ3v) is 3.46. The van der Waals surface area contributed by atoms with Crippen LogP contribution in [0.5, 0.6) is 5.75 Å². The van der Waals surface area contributed by atoms with E-state index in [1.807, 2.05) is 6.92 Å². The quantitative estimate of drug-likeness (QED) is 0.842. The summed E-state index contributed by atoms with van der Waals surface area (Å²) in [4.78, 5) is 11.9. The second-order valence-electron chi connectivity index (χ2n) is 5.02. The van der Waals surface area contributed by atoms with Gasteiger partial charge in [-0.05, 0) is 50.9 Å². The summed E-state index contributed by atoms with van der Waals surface area (Å²) >= 11 is 0. The molecule has 0 spiro atoms. The van der Waals surface area contributed by atoms with Crippen molar-refractivity contribution in [2.75, 3.05) is 25.0 Å². The third kappa shape index (κ3) is 4.20. The predicted molar refractivity (Wildman–Crippen MR) is 76.4 cm³/mol. The number of anilines is 1. The van der Waals surface area contributed by atoms with Gasteiger partial charge in [0.05, 0.1) is 12.3 Å². The van der Waals surface area contributed by atoms with Crippen molar-refractivity contribution < 1.29 is 13.9 Å². The van der Waals surface area contributed by atoms with Crippen LogP contribution in [0.15, 0.2) is 18.2 Å². The highest BCUT2D eigenvalue weighted by atomic mass is 19.1. The molecule has 0 radical (unpaired) electrons. The summed E-state index contributed by atoms with van der Waals surface area (Å²) in [6.45, 7) is 4.29. The monoisotopic (exact) mass is 280 g/mol. The number of rotatable bonds is 6. The van der Waals surface area contributed by atoms with Gasteiger partial charge in [-0.1, -0.05) is 0 Å². The molecule has 1 aromatic carbocycles. The Hall–Kier alpha value is -1.62. The van der Waals surface area contributed by atoms with Crippen LogP contribution in [0, 0.1) is 11.7 Å². The van der Waals surface area contributed by atoms with Gasteiger partial charge in [0.1, 0.15) is 11.6 Å². The maximum Gasteiger partial charge on any atom is 0.224 e. The maximum absolute atomic E-state index is 13.2. The minimum atomic E-state index is -0.372. The first-order valence-corrected chi connectivity index (χ1v) is 7.12. The highest BCUT2D eigenvalue weighted by Gasteiger charge is 2.16. The first-order chi connectivity index (χ1) is 9.69. The van der Waals surface area contributed by atoms with Crippen LogP contribution in [0.3, 0.4) is 0 Å². The Balaban J connectivity index is 1.89. The van der Waals surface area contributed by atoms with Gasteiger partial charge in [-0.15, -0.1) is 0 Å². The Kier molecular flexibility index (Phi) is 5.35. The molecule has 5 heteroatoms. The van der Waals surface area contributed by atoms with E-state index < -0.39 is 0 Å². The fourth-order valence-electron chi connectivity index (χ4n) is 2.38. The standard InChI is InChI=1S/C15H21FN2O2/c1-2-20-14-9-12(16)4-5-13(14)18-15(19)6-3-11-7-8-17-10-11/h4-5,9,11,17H,2-3,6-8,10H2,1H3,(H,18,19). The lowest BCUT2D eigenvalue weighted by atomic mass is 10.0. The number of hydrogen-bond donors (Lipinski definition) is 2. The zero-order valence-corrected chi connectivity index (χ0v) is 11.7. The first kappa shape index (κ1) is 14.8. The van der Waals surface area contributed by atoms with Crippen molar-refractivity contribution in [1.82, 2.24) is 5.32 Å². The number of amides is 1. The smallest absolute Gasteiger partial charge is 0.224 e. The van der Waals surface area contributed by atoms with Gasteiger partial charge < -0.3 is 15.4 Å². The number of hydrogen-bond acceptors (Lipinski definition) is 3. The van der Waals surface area contributed by atoms with Gasteiger partial charge in [0.15, 0.2) is 0 Å². The topological polar surface area (TPSA) is 50.4 Å². The molecule has 2 rings (SSSR count). The Morgan fingerprint density at radius 1 is 1.55 bits per heavy atom. The van der Waals surface area contributed by atoms with Crippen molar-refractivity contribution in [3.05, 3.63) is 24.0 Å². The second-order valence-corrected chi connectivity index (χ2v) is 5.02. The molecular formula is C15H21FN2O2. The van der Waals surface area contributed by atoms with Crippen molar-refractivity contribution >= 4 is 11.6 Å². The van der Waals surface area contributed by atoms with Crippen LogP contribution in [-0.2, 0) is 4.79 Å². The van der Waals surface area contributed by atoms with E-state index in [1.54, 1.807) is 0 Å². The molecule has 1 fully saturated rings. The van der Waals surface area contributed by atoms with Gasteiger partial charge >= 0.3 is 0 Å². The van der Waals surface area contributed by atoms with E-state index in [9.17, 15) is 9.18 Å². The van der Waals surface area contributed by atoms with Crippen LogP contribution < -0.4 is 15.4 Å². The number of nitrogens with one attached hydrogen (secondary N) is 2. The number of halogens is 1. The molecule has 1 amide bonds. The molecule has 1 unspecified atom stereocenters. The molecule has 2 N–H and O–H groups in total. The van der Waals surface area contributed by atoms with Crippen LogP contribution in [0.1, 0.15) is 26.2 Å². The van der Waals surface area contributed by atoms with E-state index in [-0.39, 0.29) is 11.7 Å². The number of carbonyl (C=O) groups excluding carboxylic acids is 1. The van der Waals surface area contributed by atoms with Crippen molar-refractivity contribution in [3.8, 4) is 5.75 Å². The average Bonchev–Trinajstić information content (AvgIpc) is 2.93. The molecule has 1 aliphatic heterocycles. The Bertz CT molecular complexity index is 459. The Morgan fingerprint density at radius 3 is 3.10 bits per heavy atom. The normalized spacial score (nSPS) is 18.0. The third-order valence-electron chi connectivity index (χ3n) is 3.46. The molecule has 0 saturated carbocycles. The lowest BCUT2D eigenvalue weighted by Crippen LogP contribution is -2.15. The molecule has 1 saturated heterocycles. The number of carbonyl (C=O) groups is 1. The minimum Gasteiger partial charge on any atom is -0.492 e. The molecule has 1 aliphatic rings. The van der Waals surface area contributed by atoms with Crippen molar-refractivity contribution in [2.24, 2.45) is 5.92 Å². The lowest BCUT2D eigenvalue weighted by Gasteiger charge is -2.12. The van der Waals surface area contributed by atoms with Gasteiger partial charge in [0.25, 0.3) is 0 Å². The number of benzene rings is 1. The van der Waals surface area contributed by atoms with Crippen molar-refractivity contribution in [1.29, 1.82) is 0 Å². The summed E-state index contributed by atoms with van der Waals surface area (Å²) in [5.74, 6) is 0.539. The largest absolute Gasteiger partial charge is 0.492 e. The molecule has 110 valence electrons. The molecule has 20 heavy (non-hydrogen) atoms. The van der Waals surface area contributed by atoms with E-state index in [0.717, 1.165) is 25.9 Å². The zero-order chi connectivity index (χ0) is 14.4. The fourth-order valence-corrected chi connectivity index (χ4v) is 2.38. The Morgan fingerprint density at radius 2 is 2.40 bits per heavy atom. The molecule has 1 atom stereocenters. The zero-order valence-electron chi connectivity index (χ0n) is 11.7. The Labute approximate surface area is 118 Å². The van der Waals surface area contributed by atoms with Crippen molar-refractivity contribution in [3.63, 3.8) is 0 Å². The molecular weight excluding hydrogens is 259 g/mol. The maximum atomic E-state index is 13.2. The number of ether oxygens (including phenoxy) is 1. The minimum absolute atomic E-state index is 0.0514. The van der Waals surface area contributed by atoms with Crippen LogP contribution >= 0.6 is 0 Å². The summed E-state index contributed by atoms with van der Waals surface area (Å²) in [6, 6.07) is 4.15. The van der Waals surface area contributed by atoms with E-state index in [2.05, 4.69) is 10.6 Å². The molecule has 1 heterocycles. The highest BCUT2D eigenvalue weighted by Crippen LogP contribution is 2.26. The van der Waals surface area contributed by atoms with Gasteiger partial charge in [0.2, 0.25) is 5.91 Å². The molecule has 0 aromatic heterocycles. The molecule has 0 aliphatic carbocycles. The van der Waals surface area contributed by atoms with Gasteiger partial charge in [-0.25, -0.2) is 4.39 Å². The van der Waals surface area contributed by atoms with Gasteiger partial charge in [-0.2, -0.15) is 0 Å². The van der Waals surface area contributed by atoms with Crippen LogP contribution in [-0.4, -0.2) is 25.6 Å². The van der Waals surface area contributed by atoms with Crippen LogP contribution in [0.4, 0.5) is 10.1 Å². The highest BCUT2D eigenvalue weighted by molar-refractivity contribution is 5.92. The summed E-state index contributed by atoms with van der Waals surface area (Å²) in [7, 11) is 0. The molecule has 1 aromatic rings. The second kappa shape index (κ2) is 7.24. The van der Waals surface area contributed by atoms with Crippen molar-refractivity contribution in [2.45, 2.75) is 26.2 Å². The van der Waals surface area contributed by atoms with E-state index in [0.29, 0.717) is 30.4 Å². The predicted octanol–water partition coefficient (Wildman–Crippen LogP) is 2.55. The van der Waals surface area contributed by atoms with Crippen LogP contribution in [0.2, 0.25) is 0 Å². The lowest BCUT2D eigenvalue weighted by molar-refractivity contribution is -0.116. The van der Waals surface area contributed by atoms with Crippen LogP contribution in [0.25, 0.3) is 0 Å². The average molecular weight is 280 g/mol. The van der Waals surface area contributed by atoms with Gasteiger partial charge in [0, 0.05) is 12.5 Å². The summed E-state index contributed by atoms with van der Waals surface area (Å²) < 4.78 is 18.5. The van der Waals surface area contributed by atoms with Gasteiger partial charge in [-0.3, -0.25) is 4.79 Å². The first-order valence-electron chi connectivity index (χ1n) is 7.12. The summed E-state index contributed by atoms with van der Waals surface area (Å²) in [5, 5.41) is 6.08. The summed E-state index contributed by atoms with van der Waals surface area (Å²) in [6.07, 6.45) is 2.49. The SMILES string of the molecule is CCOc1cc(F)ccc1NC(=O)CCC1CCNC1. The van der Waals surface area contributed by atoms with E-state index in [1.165, 1.54) is 18.2 Å². The fraction of sp³-hybridized carbons (Fsp3) is 0.533.